The molecule has 162 valence electrons. The van der Waals surface area contributed by atoms with Gasteiger partial charge in [0, 0.05) is 31.5 Å². The Morgan fingerprint density at radius 2 is 1.71 bits per heavy atom. The molecule has 0 aliphatic rings. The SMILES string of the molecule is Cc1cc(-c2noc(CCC(=O)NCCNC(=O)Cc3ccc(F)cc3)n2)ccc1F. The smallest absolute Gasteiger partial charge is 0.227 e. The number of aromatic nitrogens is 2. The third-order valence-corrected chi connectivity index (χ3v) is 4.50. The van der Waals surface area contributed by atoms with Crippen LogP contribution in [0, 0.1) is 18.6 Å². The van der Waals surface area contributed by atoms with E-state index >= 15 is 0 Å². The molecule has 1 aromatic heterocycles. The fourth-order valence-corrected chi connectivity index (χ4v) is 2.82. The molecule has 9 heteroatoms. The molecule has 0 spiro atoms. The van der Waals surface area contributed by atoms with Gasteiger partial charge in [-0.25, -0.2) is 8.78 Å². The standard InChI is InChI=1S/C22H22F2N4O3/c1-14-12-16(4-7-18(14)24)22-27-21(31-28-22)9-8-19(29)25-10-11-26-20(30)13-15-2-5-17(23)6-3-15/h2-7,12H,8-11,13H2,1H3,(H,25,29)(H,26,30). The van der Waals surface area contributed by atoms with E-state index in [4.69, 9.17) is 4.52 Å². The van der Waals surface area contributed by atoms with Gasteiger partial charge in [-0.3, -0.25) is 9.59 Å². The monoisotopic (exact) mass is 428 g/mol. The van der Waals surface area contributed by atoms with Gasteiger partial charge in [-0.15, -0.1) is 0 Å². The summed E-state index contributed by atoms with van der Waals surface area (Å²) in [6, 6.07) is 10.2. The Morgan fingerprint density at radius 3 is 2.42 bits per heavy atom. The van der Waals surface area contributed by atoms with Crippen molar-refractivity contribution in [3.05, 3.63) is 71.1 Å². The molecule has 0 unspecified atom stereocenters. The van der Waals surface area contributed by atoms with Gasteiger partial charge in [0.25, 0.3) is 0 Å². The number of aryl methyl sites for hydroxylation is 2. The van der Waals surface area contributed by atoms with Crippen LogP contribution in [-0.2, 0) is 22.4 Å². The Kier molecular flexibility index (Phi) is 7.42. The molecule has 3 rings (SSSR count). The molecule has 31 heavy (non-hydrogen) atoms. The average Bonchev–Trinajstić information content (AvgIpc) is 3.22. The Labute approximate surface area is 177 Å². The largest absolute Gasteiger partial charge is 0.354 e. The zero-order valence-electron chi connectivity index (χ0n) is 17.0. The first-order valence-electron chi connectivity index (χ1n) is 9.77. The number of carbonyl (C=O) groups is 2. The Bertz CT molecular complexity index is 1050. The molecule has 0 atom stereocenters. The second-order valence-corrected chi connectivity index (χ2v) is 6.98. The third-order valence-electron chi connectivity index (χ3n) is 4.50. The molecule has 0 radical (unpaired) electrons. The third kappa shape index (κ3) is 6.70. The molecule has 7 nitrogen and oxygen atoms in total. The lowest BCUT2D eigenvalue weighted by Crippen LogP contribution is -2.35. The fraction of sp³-hybridized carbons (Fsp3) is 0.273. The second kappa shape index (κ2) is 10.4. The molecule has 0 aliphatic heterocycles. The maximum Gasteiger partial charge on any atom is 0.227 e. The molecule has 2 aromatic carbocycles. The van der Waals surface area contributed by atoms with Gasteiger partial charge >= 0.3 is 0 Å². The molecule has 2 amide bonds. The number of rotatable bonds is 9. The normalized spacial score (nSPS) is 10.7. The van der Waals surface area contributed by atoms with E-state index in [0.29, 0.717) is 28.4 Å². The van der Waals surface area contributed by atoms with E-state index in [2.05, 4.69) is 20.8 Å². The average molecular weight is 428 g/mol. The molecule has 0 saturated carbocycles. The number of benzene rings is 2. The summed E-state index contributed by atoms with van der Waals surface area (Å²) in [6.07, 6.45) is 0.546. The maximum absolute atomic E-state index is 13.4. The lowest BCUT2D eigenvalue weighted by atomic mass is 10.1. The zero-order valence-corrected chi connectivity index (χ0v) is 17.0. The van der Waals surface area contributed by atoms with Crippen LogP contribution in [0.5, 0.6) is 0 Å². The second-order valence-electron chi connectivity index (χ2n) is 6.98. The number of amides is 2. The predicted octanol–water partition coefficient (Wildman–Crippen LogP) is 2.73. The molecular formula is C22H22F2N4O3. The minimum atomic E-state index is -0.353. The van der Waals surface area contributed by atoms with Crippen LogP contribution in [0.3, 0.4) is 0 Å². The highest BCUT2D eigenvalue weighted by atomic mass is 19.1. The topological polar surface area (TPSA) is 97.1 Å². The number of nitrogens with one attached hydrogen (secondary N) is 2. The molecule has 0 bridgehead atoms. The summed E-state index contributed by atoms with van der Waals surface area (Å²) in [5.41, 5.74) is 1.82. The zero-order chi connectivity index (χ0) is 22.2. The summed E-state index contributed by atoms with van der Waals surface area (Å²) in [4.78, 5) is 28.0. The van der Waals surface area contributed by atoms with Crippen LogP contribution in [-0.4, -0.2) is 35.0 Å². The lowest BCUT2D eigenvalue weighted by Gasteiger charge is -2.07. The van der Waals surface area contributed by atoms with Gasteiger partial charge in [0.2, 0.25) is 23.5 Å². The van der Waals surface area contributed by atoms with Crippen molar-refractivity contribution in [2.75, 3.05) is 13.1 Å². The van der Waals surface area contributed by atoms with Crippen LogP contribution in [0.4, 0.5) is 8.78 Å². The van der Waals surface area contributed by atoms with E-state index in [0.717, 1.165) is 0 Å². The lowest BCUT2D eigenvalue weighted by molar-refractivity contribution is -0.122. The number of carbonyl (C=O) groups excluding carboxylic acids is 2. The van der Waals surface area contributed by atoms with Crippen molar-refractivity contribution < 1.29 is 22.9 Å². The van der Waals surface area contributed by atoms with Gasteiger partial charge in [0.05, 0.1) is 6.42 Å². The van der Waals surface area contributed by atoms with Crippen LogP contribution >= 0.6 is 0 Å². The van der Waals surface area contributed by atoms with E-state index in [-0.39, 0.29) is 55.8 Å². The van der Waals surface area contributed by atoms with Crippen LogP contribution in [0.15, 0.2) is 47.0 Å². The highest BCUT2D eigenvalue weighted by Crippen LogP contribution is 2.19. The van der Waals surface area contributed by atoms with Crippen LogP contribution < -0.4 is 10.6 Å². The summed E-state index contributed by atoms with van der Waals surface area (Å²) < 4.78 is 31.4. The number of nitrogens with zero attached hydrogens (tertiary/aromatic N) is 2. The van der Waals surface area contributed by atoms with Crippen molar-refractivity contribution in [2.45, 2.75) is 26.2 Å². The minimum absolute atomic E-state index is 0.140. The van der Waals surface area contributed by atoms with Gasteiger partial charge in [-0.2, -0.15) is 4.98 Å². The van der Waals surface area contributed by atoms with Crippen molar-refractivity contribution in [3.63, 3.8) is 0 Å². The molecule has 2 N–H and O–H groups in total. The molecule has 3 aromatic rings. The van der Waals surface area contributed by atoms with Crippen LogP contribution in [0.25, 0.3) is 11.4 Å². The van der Waals surface area contributed by atoms with Crippen molar-refractivity contribution in [3.8, 4) is 11.4 Å². The molecule has 0 fully saturated rings. The Morgan fingerprint density at radius 1 is 1.00 bits per heavy atom. The summed E-state index contributed by atoms with van der Waals surface area (Å²) >= 11 is 0. The van der Waals surface area contributed by atoms with E-state index in [1.54, 1.807) is 31.2 Å². The highest BCUT2D eigenvalue weighted by molar-refractivity contribution is 5.79. The van der Waals surface area contributed by atoms with Gasteiger partial charge in [0.15, 0.2) is 0 Å². The van der Waals surface area contributed by atoms with E-state index in [9.17, 15) is 18.4 Å². The summed E-state index contributed by atoms with van der Waals surface area (Å²) in [5.74, 6) is -0.451. The van der Waals surface area contributed by atoms with Gasteiger partial charge < -0.3 is 15.2 Å². The molecule has 0 aliphatic carbocycles. The highest BCUT2D eigenvalue weighted by Gasteiger charge is 2.12. The molecule has 1 heterocycles. The number of halogens is 2. The van der Waals surface area contributed by atoms with E-state index in [1.165, 1.54) is 18.2 Å². The first kappa shape index (κ1) is 22.1. The van der Waals surface area contributed by atoms with E-state index in [1.807, 2.05) is 0 Å². The van der Waals surface area contributed by atoms with Crippen LogP contribution in [0.2, 0.25) is 0 Å². The molecular weight excluding hydrogens is 406 g/mol. The molecule has 0 saturated heterocycles. The number of hydrogen-bond acceptors (Lipinski definition) is 5. The Hall–Kier alpha value is -3.62. The van der Waals surface area contributed by atoms with Gasteiger partial charge in [-0.1, -0.05) is 17.3 Å². The first-order valence-corrected chi connectivity index (χ1v) is 9.77. The fourth-order valence-electron chi connectivity index (χ4n) is 2.82. The van der Waals surface area contributed by atoms with Crippen molar-refractivity contribution in [2.24, 2.45) is 0 Å². The maximum atomic E-state index is 13.4. The van der Waals surface area contributed by atoms with Crippen molar-refractivity contribution in [1.29, 1.82) is 0 Å². The quantitative estimate of drug-likeness (QED) is 0.511. The van der Waals surface area contributed by atoms with Crippen molar-refractivity contribution in [1.82, 2.24) is 20.8 Å². The summed E-state index contributed by atoms with van der Waals surface area (Å²) in [5, 5.41) is 9.25. The summed E-state index contributed by atoms with van der Waals surface area (Å²) in [7, 11) is 0. The summed E-state index contributed by atoms with van der Waals surface area (Å²) in [6.45, 7) is 2.20. The van der Waals surface area contributed by atoms with Crippen LogP contribution in [0.1, 0.15) is 23.4 Å². The van der Waals surface area contributed by atoms with E-state index < -0.39 is 0 Å². The Balaban J connectivity index is 1.35. The van der Waals surface area contributed by atoms with Crippen molar-refractivity contribution >= 4 is 11.8 Å². The number of hydrogen-bond donors (Lipinski definition) is 2. The first-order chi connectivity index (χ1) is 14.9. The minimum Gasteiger partial charge on any atom is -0.354 e. The predicted molar refractivity (Wildman–Crippen MR) is 109 cm³/mol. The van der Waals surface area contributed by atoms with Gasteiger partial charge in [-0.05, 0) is 48.4 Å². The van der Waals surface area contributed by atoms with Gasteiger partial charge in [0.1, 0.15) is 11.6 Å².